The summed E-state index contributed by atoms with van der Waals surface area (Å²) in [6.07, 6.45) is 0.367. The predicted octanol–water partition coefficient (Wildman–Crippen LogP) is -1.13. The zero-order valence-corrected chi connectivity index (χ0v) is 9.61. The van der Waals surface area contributed by atoms with E-state index >= 15 is 0 Å². The molecule has 0 radical (unpaired) electrons. The van der Waals surface area contributed by atoms with Gasteiger partial charge in [-0.05, 0) is 6.42 Å². The number of aliphatic hydroxyl groups excluding tert-OH is 1. The van der Waals surface area contributed by atoms with Crippen molar-refractivity contribution in [1.29, 1.82) is 0 Å². The van der Waals surface area contributed by atoms with Crippen LogP contribution in [-0.4, -0.2) is 68.4 Å². The third kappa shape index (κ3) is 2.33. The summed E-state index contributed by atoms with van der Waals surface area (Å²) in [5, 5.41) is 9.68. The van der Waals surface area contributed by atoms with E-state index in [1.807, 2.05) is 4.90 Å². The molecule has 2 aliphatic rings. The lowest BCUT2D eigenvalue weighted by Gasteiger charge is -2.24. The molecule has 0 aromatic heterocycles. The highest BCUT2D eigenvalue weighted by atomic mass is 32.2. The number of likely N-dealkylation sites (tertiary alicyclic amines) is 1. The van der Waals surface area contributed by atoms with Crippen molar-refractivity contribution in [3.63, 3.8) is 0 Å². The molecule has 0 aliphatic carbocycles. The van der Waals surface area contributed by atoms with Crippen LogP contribution >= 0.6 is 0 Å². The molecule has 0 aromatic rings. The highest BCUT2D eigenvalue weighted by Crippen LogP contribution is 2.23. The molecule has 2 saturated heterocycles. The Morgan fingerprint density at radius 1 is 1.40 bits per heavy atom. The molecule has 2 heterocycles. The summed E-state index contributed by atoms with van der Waals surface area (Å²) in [6.45, 7) is 1.55. The van der Waals surface area contributed by atoms with Gasteiger partial charge in [-0.15, -0.1) is 0 Å². The van der Waals surface area contributed by atoms with Gasteiger partial charge < -0.3 is 9.84 Å². The normalized spacial score (nSPS) is 41.1. The fraction of sp³-hybridized carbons (Fsp3) is 1.00. The van der Waals surface area contributed by atoms with E-state index in [9.17, 15) is 13.5 Å². The van der Waals surface area contributed by atoms with E-state index in [1.165, 1.54) is 0 Å². The van der Waals surface area contributed by atoms with Crippen LogP contribution in [0.2, 0.25) is 0 Å². The number of aliphatic hydroxyl groups is 1. The Labute approximate surface area is 89.9 Å². The summed E-state index contributed by atoms with van der Waals surface area (Å²) in [7, 11) is -1.38. The standard InChI is InChI=1S/C9H17NO4S/c1-14-7-2-3-10(4-7)8-5-15(12,13)6-9(8)11/h7-9,11H,2-6H2,1H3. The van der Waals surface area contributed by atoms with Gasteiger partial charge >= 0.3 is 0 Å². The van der Waals surface area contributed by atoms with E-state index in [-0.39, 0.29) is 23.7 Å². The van der Waals surface area contributed by atoms with Gasteiger partial charge in [-0.3, -0.25) is 4.90 Å². The molecule has 0 spiro atoms. The molecule has 15 heavy (non-hydrogen) atoms. The lowest BCUT2D eigenvalue weighted by Crippen LogP contribution is -2.42. The second kappa shape index (κ2) is 4.01. The average Bonchev–Trinajstić information content (AvgIpc) is 2.69. The molecule has 0 bridgehead atoms. The Bertz CT molecular complexity index is 329. The van der Waals surface area contributed by atoms with Gasteiger partial charge in [-0.25, -0.2) is 8.42 Å². The van der Waals surface area contributed by atoms with E-state index in [0.717, 1.165) is 19.5 Å². The molecule has 6 heteroatoms. The summed E-state index contributed by atoms with van der Waals surface area (Å²) in [5.41, 5.74) is 0. The first kappa shape index (κ1) is 11.3. The monoisotopic (exact) mass is 235 g/mol. The first-order valence-electron chi connectivity index (χ1n) is 5.17. The van der Waals surface area contributed by atoms with Crippen LogP contribution in [0.5, 0.6) is 0 Å². The van der Waals surface area contributed by atoms with Crippen molar-refractivity contribution in [2.45, 2.75) is 24.7 Å². The SMILES string of the molecule is COC1CCN(C2CS(=O)(=O)CC2O)C1. The largest absolute Gasteiger partial charge is 0.390 e. The number of ether oxygens (including phenoxy) is 1. The topological polar surface area (TPSA) is 66.8 Å². The first-order chi connectivity index (χ1) is 7.02. The van der Waals surface area contributed by atoms with Gasteiger partial charge in [0.2, 0.25) is 0 Å². The number of rotatable bonds is 2. The molecule has 5 nitrogen and oxygen atoms in total. The predicted molar refractivity (Wildman–Crippen MR) is 55.4 cm³/mol. The molecule has 3 unspecified atom stereocenters. The molecule has 2 aliphatic heterocycles. The number of nitrogens with zero attached hydrogens (tertiary/aromatic N) is 1. The fourth-order valence-electron chi connectivity index (χ4n) is 2.41. The van der Waals surface area contributed by atoms with E-state index in [2.05, 4.69) is 0 Å². The maximum absolute atomic E-state index is 11.3. The van der Waals surface area contributed by atoms with Crippen molar-refractivity contribution in [2.75, 3.05) is 31.7 Å². The third-order valence-electron chi connectivity index (χ3n) is 3.27. The molecule has 0 saturated carbocycles. The minimum absolute atomic E-state index is 0.0879. The molecule has 88 valence electrons. The van der Waals surface area contributed by atoms with Gasteiger partial charge in [0.1, 0.15) is 0 Å². The van der Waals surface area contributed by atoms with Crippen LogP contribution in [0.3, 0.4) is 0 Å². The van der Waals surface area contributed by atoms with Gasteiger partial charge in [0.05, 0.1) is 29.8 Å². The van der Waals surface area contributed by atoms with Crippen molar-refractivity contribution >= 4 is 9.84 Å². The van der Waals surface area contributed by atoms with Crippen LogP contribution in [-0.2, 0) is 14.6 Å². The molecule has 1 N–H and O–H groups in total. The van der Waals surface area contributed by atoms with Gasteiger partial charge in [0.15, 0.2) is 9.84 Å². The van der Waals surface area contributed by atoms with Crippen molar-refractivity contribution in [3.05, 3.63) is 0 Å². The number of methoxy groups -OCH3 is 1. The summed E-state index contributed by atoms with van der Waals surface area (Å²) in [6, 6.07) is -0.227. The average molecular weight is 235 g/mol. The Balaban J connectivity index is 2.01. The number of hydrogen-bond donors (Lipinski definition) is 1. The molecule has 3 atom stereocenters. The number of sulfone groups is 1. The molecule has 0 amide bonds. The molecule has 2 fully saturated rings. The van der Waals surface area contributed by atoms with E-state index < -0.39 is 15.9 Å². The van der Waals surface area contributed by atoms with Crippen LogP contribution in [0, 0.1) is 0 Å². The van der Waals surface area contributed by atoms with E-state index in [1.54, 1.807) is 7.11 Å². The highest BCUT2D eigenvalue weighted by molar-refractivity contribution is 7.91. The van der Waals surface area contributed by atoms with Crippen LogP contribution in [0.1, 0.15) is 6.42 Å². The van der Waals surface area contributed by atoms with Gasteiger partial charge in [0.25, 0.3) is 0 Å². The lowest BCUT2D eigenvalue weighted by molar-refractivity contribution is 0.0719. The van der Waals surface area contributed by atoms with Crippen LogP contribution in [0.15, 0.2) is 0 Å². The molecule has 0 aromatic carbocycles. The van der Waals surface area contributed by atoms with Crippen LogP contribution < -0.4 is 0 Å². The summed E-state index contributed by atoms with van der Waals surface area (Å²) >= 11 is 0. The van der Waals surface area contributed by atoms with Crippen LogP contribution in [0.4, 0.5) is 0 Å². The molecular weight excluding hydrogens is 218 g/mol. The third-order valence-corrected chi connectivity index (χ3v) is 4.97. The smallest absolute Gasteiger partial charge is 0.154 e. The minimum Gasteiger partial charge on any atom is -0.390 e. The van der Waals surface area contributed by atoms with E-state index in [0.29, 0.717) is 0 Å². The lowest BCUT2D eigenvalue weighted by atomic mass is 10.2. The first-order valence-corrected chi connectivity index (χ1v) is 6.99. The maximum Gasteiger partial charge on any atom is 0.154 e. The summed E-state index contributed by atoms with van der Waals surface area (Å²) < 4.78 is 27.9. The Kier molecular flexibility index (Phi) is 3.03. The van der Waals surface area contributed by atoms with Crippen molar-refractivity contribution in [2.24, 2.45) is 0 Å². The summed E-state index contributed by atoms with van der Waals surface area (Å²) in [5.74, 6) is -0.00356. The molecule has 2 rings (SSSR count). The van der Waals surface area contributed by atoms with Gasteiger partial charge in [-0.1, -0.05) is 0 Å². The van der Waals surface area contributed by atoms with Gasteiger partial charge in [0, 0.05) is 20.2 Å². The van der Waals surface area contributed by atoms with Gasteiger partial charge in [-0.2, -0.15) is 0 Å². The van der Waals surface area contributed by atoms with Crippen molar-refractivity contribution in [1.82, 2.24) is 4.90 Å². The fourth-order valence-corrected chi connectivity index (χ4v) is 4.24. The minimum atomic E-state index is -3.04. The highest BCUT2D eigenvalue weighted by Gasteiger charge is 2.42. The summed E-state index contributed by atoms with van der Waals surface area (Å²) in [4.78, 5) is 2.03. The van der Waals surface area contributed by atoms with Crippen LogP contribution in [0.25, 0.3) is 0 Å². The molecular formula is C9H17NO4S. The van der Waals surface area contributed by atoms with Crippen molar-refractivity contribution in [3.8, 4) is 0 Å². The Hall–Kier alpha value is -0.170. The second-order valence-electron chi connectivity index (χ2n) is 4.35. The van der Waals surface area contributed by atoms with Crippen molar-refractivity contribution < 1.29 is 18.3 Å². The Morgan fingerprint density at radius 2 is 2.13 bits per heavy atom. The zero-order chi connectivity index (χ0) is 11.1. The quantitative estimate of drug-likeness (QED) is 0.655. The zero-order valence-electron chi connectivity index (χ0n) is 8.80. The van der Waals surface area contributed by atoms with E-state index in [4.69, 9.17) is 4.74 Å². The Morgan fingerprint density at radius 3 is 2.60 bits per heavy atom. The maximum atomic E-state index is 11.3. The second-order valence-corrected chi connectivity index (χ2v) is 6.51. The number of hydrogen-bond acceptors (Lipinski definition) is 5.